The van der Waals surface area contributed by atoms with Crippen LogP contribution in [0.15, 0.2) is 0 Å². The Morgan fingerprint density at radius 3 is 1.08 bits per heavy atom. The summed E-state index contributed by atoms with van der Waals surface area (Å²) in [5.41, 5.74) is 0. The maximum Gasteiger partial charge on any atom is 1.00 e. The number of rotatable bonds is 5. The van der Waals surface area contributed by atoms with Crippen LogP contribution in [-0.2, 0) is 4.74 Å². The first kappa shape index (κ1) is 36.8. The fourth-order valence-corrected chi connectivity index (χ4v) is 0.674. The van der Waals surface area contributed by atoms with E-state index in [1.807, 2.05) is 0 Å². The molecule has 0 N–H and O–H groups in total. The van der Waals surface area contributed by atoms with Gasteiger partial charge in [-0.25, -0.2) is 0 Å². The molecule has 0 aliphatic rings. The summed E-state index contributed by atoms with van der Waals surface area (Å²) >= 11 is 0. The van der Waals surface area contributed by atoms with E-state index in [-0.39, 0.29) is 52.8 Å². The molecule has 25 heavy (non-hydrogen) atoms. The van der Waals surface area contributed by atoms with Gasteiger partial charge in [0.05, 0.1) is 0 Å². The molecule has 18 heteroatoms. The van der Waals surface area contributed by atoms with Crippen LogP contribution in [0.1, 0.15) is 14.3 Å². The zero-order valence-corrected chi connectivity index (χ0v) is 17.1. The molecule has 2 nitrogen and oxygen atoms in total. The van der Waals surface area contributed by atoms with Gasteiger partial charge in [-0.1, -0.05) is 0 Å². The summed E-state index contributed by atoms with van der Waals surface area (Å²) in [6.07, 6.45) is 2.41. The molecule has 0 aromatic carbocycles. The van der Waals surface area contributed by atoms with Crippen LogP contribution in [0.5, 0.6) is 0 Å². The fraction of sp³-hybridized carbons (Fsp3) is 1.00. The summed E-state index contributed by atoms with van der Waals surface area (Å²) in [5, 5.41) is 0. The number of hydrogen-bond donors (Lipinski definition) is 0. The Labute approximate surface area is 182 Å². The Hall–Kier alpha value is 0.911. The molecule has 0 saturated heterocycles. The summed E-state index contributed by atoms with van der Waals surface area (Å²) < 4.78 is 122. The van der Waals surface area contributed by atoms with Crippen LogP contribution in [-0.4, -0.2) is 61.0 Å². The van der Waals surface area contributed by atoms with Gasteiger partial charge in [-0.2, -0.15) is 0 Å². The first-order valence-electron chi connectivity index (χ1n) is 6.03. The molecular weight excluding hydrogens is 414 g/mol. The predicted octanol–water partition coefficient (Wildman–Crippen LogP) is 1.99. The van der Waals surface area contributed by atoms with Crippen LogP contribution in [0.4, 0.5) is 51.8 Å². The maximum absolute atomic E-state index is 9.75. The van der Waals surface area contributed by atoms with Crippen molar-refractivity contribution in [3.63, 3.8) is 0 Å². The molecule has 0 radical (unpaired) electrons. The van der Waals surface area contributed by atoms with E-state index in [1.165, 1.54) is 19.4 Å². The second kappa shape index (κ2) is 19.7. The topological polar surface area (TPSA) is 12.5 Å². The third-order valence-electron chi connectivity index (χ3n) is 1.20. The quantitative estimate of drug-likeness (QED) is 0.375. The number of halogens is 12. The molecule has 0 aliphatic carbocycles. The molecule has 0 aromatic rings. The first-order valence-corrected chi connectivity index (χ1v) is 6.03. The van der Waals surface area contributed by atoms with Gasteiger partial charge in [0.2, 0.25) is 0 Å². The van der Waals surface area contributed by atoms with Crippen molar-refractivity contribution < 1.29 is 109 Å². The van der Waals surface area contributed by atoms with E-state index in [9.17, 15) is 51.8 Å². The van der Waals surface area contributed by atoms with Crippen LogP contribution < -0.4 is 51.4 Å². The van der Waals surface area contributed by atoms with E-state index in [0.29, 0.717) is 0 Å². The Morgan fingerprint density at radius 1 is 0.680 bits per heavy atom. The molecule has 0 aliphatic heterocycles. The molecule has 0 saturated carbocycles. The average Bonchev–Trinajstić information content (AvgIpc) is 2.16. The van der Waals surface area contributed by atoms with Crippen molar-refractivity contribution in [3.8, 4) is 0 Å². The summed E-state index contributed by atoms with van der Waals surface area (Å²) in [6, 6.07) is 0. The summed E-state index contributed by atoms with van der Waals surface area (Å²) in [6.45, 7) is 2.07. The molecule has 0 bridgehead atoms. The average molecular weight is 432 g/mol. The zero-order valence-electron chi connectivity index (χ0n) is 15.0. The minimum Gasteiger partial charge on any atom is -1.00 e. The maximum atomic E-state index is 9.75. The molecule has 154 valence electrons. The number of nitrogens with zero attached hydrogens (tertiary/aromatic N) is 1. The van der Waals surface area contributed by atoms with Gasteiger partial charge in [0, 0.05) is 13.7 Å². The van der Waals surface area contributed by atoms with Crippen LogP contribution in [0, 0.1) is 0 Å². The normalized spacial score (nSPS) is 11.0. The van der Waals surface area contributed by atoms with Crippen LogP contribution in [0.25, 0.3) is 0 Å². The van der Waals surface area contributed by atoms with E-state index in [1.54, 1.807) is 7.11 Å². The monoisotopic (exact) mass is 432 g/mol. The van der Waals surface area contributed by atoms with E-state index in [0.717, 1.165) is 6.61 Å². The SMILES string of the molecule is COCCCCN(C)C.F[B-](F)(F)F.F[B-](F)(F)F.F[B-](F)(F)F.[H-].[K+]. The van der Waals surface area contributed by atoms with Crippen molar-refractivity contribution in [1.29, 1.82) is 0 Å². The molecule has 0 aromatic heterocycles. The van der Waals surface area contributed by atoms with Crippen LogP contribution in [0.2, 0.25) is 0 Å². The van der Waals surface area contributed by atoms with E-state index >= 15 is 0 Å². The largest absolute Gasteiger partial charge is 1.00 e. The Balaban J connectivity index is -0.0000000521. The molecular formula is C7H18B3F12KNO-3. The molecule has 0 heterocycles. The van der Waals surface area contributed by atoms with Gasteiger partial charge >= 0.3 is 73.1 Å². The standard InChI is InChI=1S/C7H17NO.3BF4.K.H/c1-8(2)6-4-5-7-9-3;3*2-1(3,4)5;;/h4-7H2,1-3H3;;;;;/q;3*-1;+1;-1. The van der Waals surface area contributed by atoms with Crippen LogP contribution >= 0.6 is 0 Å². The number of hydrogen-bond acceptors (Lipinski definition) is 2. The molecule has 0 atom stereocenters. The fourth-order valence-electron chi connectivity index (χ4n) is 0.674. The molecule has 0 unspecified atom stereocenters. The molecule has 0 fully saturated rings. The van der Waals surface area contributed by atoms with Crippen molar-refractivity contribution in [1.82, 2.24) is 4.90 Å². The third kappa shape index (κ3) is 274. The van der Waals surface area contributed by atoms with Crippen LogP contribution in [0.3, 0.4) is 0 Å². The van der Waals surface area contributed by atoms with Crippen molar-refractivity contribution in [2.75, 3.05) is 34.4 Å². The number of ether oxygens (including phenoxy) is 1. The van der Waals surface area contributed by atoms with E-state index in [4.69, 9.17) is 4.74 Å². The van der Waals surface area contributed by atoms with Gasteiger partial charge in [-0.3, -0.25) is 0 Å². The first-order chi connectivity index (χ1) is 10.3. The van der Waals surface area contributed by atoms with Crippen molar-refractivity contribution in [3.05, 3.63) is 0 Å². The third-order valence-corrected chi connectivity index (χ3v) is 1.20. The van der Waals surface area contributed by atoms with Gasteiger partial charge in [-0.15, -0.1) is 0 Å². The van der Waals surface area contributed by atoms with E-state index in [2.05, 4.69) is 19.0 Å². The van der Waals surface area contributed by atoms with Gasteiger partial charge in [0.15, 0.2) is 0 Å². The predicted molar refractivity (Wildman–Crippen MR) is 71.3 cm³/mol. The van der Waals surface area contributed by atoms with Gasteiger partial charge < -0.3 is 62.9 Å². The molecule has 0 rings (SSSR count). The van der Waals surface area contributed by atoms with Gasteiger partial charge in [0.25, 0.3) is 0 Å². The second-order valence-corrected chi connectivity index (χ2v) is 3.99. The summed E-state index contributed by atoms with van der Waals surface area (Å²) in [5.74, 6) is 0. The smallest absolute Gasteiger partial charge is 1.00 e. The minimum absolute atomic E-state index is 0. The van der Waals surface area contributed by atoms with Crippen molar-refractivity contribution >= 4 is 21.8 Å². The number of unbranched alkanes of at least 4 members (excludes halogenated alkanes) is 1. The van der Waals surface area contributed by atoms with Crippen molar-refractivity contribution in [2.45, 2.75) is 12.8 Å². The minimum atomic E-state index is -6.00. The number of methoxy groups -OCH3 is 1. The van der Waals surface area contributed by atoms with Gasteiger partial charge in [-0.05, 0) is 33.5 Å². The van der Waals surface area contributed by atoms with Gasteiger partial charge in [0.1, 0.15) is 0 Å². The summed E-state index contributed by atoms with van der Waals surface area (Å²) in [7, 11) is -12.1. The Kier molecular flexibility index (Phi) is 28.9. The van der Waals surface area contributed by atoms with E-state index < -0.39 is 21.8 Å². The zero-order chi connectivity index (χ0) is 20.6. The second-order valence-electron chi connectivity index (χ2n) is 3.99. The molecule has 0 spiro atoms. The molecule has 0 amide bonds. The summed E-state index contributed by atoms with van der Waals surface area (Å²) in [4.78, 5) is 2.19. The van der Waals surface area contributed by atoms with Crippen molar-refractivity contribution in [2.24, 2.45) is 0 Å². The Bertz CT molecular complexity index is 222. The Morgan fingerprint density at radius 2 is 0.920 bits per heavy atom.